The highest BCUT2D eigenvalue weighted by molar-refractivity contribution is 6.14. The molecule has 132 valence electrons. The second-order valence-corrected chi connectivity index (χ2v) is 7.01. The zero-order valence-electron chi connectivity index (χ0n) is 15.6. The number of benzene rings is 2. The Labute approximate surface area is 150 Å². The molecule has 0 N–H and O–H groups in total. The number of esters is 1. The molecule has 1 unspecified atom stereocenters. The Hall–Kier alpha value is -2.42. The predicted octanol–water partition coefficient (Wildman–Crippen LogP) is 4.78. The van der Waals surface area contributed by atoms with Crippen LogP contribution in [-0.4, -0.2) is 18.4 Å². The molecule has 1 atom stereocenters. The van der Waals surface area contributed by atoms with Gasteiger partial charge in [0, 0.05) is 5.56 Å². The summed E-state index contributed by atoms with van der Waals surface area (Å²) in [5, 5.41) is 0. The van der Waals surface area contributed by atoms with Crippen molar-refractivity contribution in [3.05, 3.63) is 70.3 Å². The van der Waals surface area contributed by atoms with Crippen LogP contribution < -0.4 is 0 Å². The van der Waals surface area contributed by atoms with Gasteiger partial charge in [0.25, 0.3) is 0 Å². The van der Waals surface area contributed by atoms with Gasteiger partial charge in [-0.25, -0.2) is 0 Å². The molecule has 0 spiro atoms. The maximum atomic E-state index is 13.3. The molecule has 0 aliphatic carbocycles. The molecule has 0 aliphatic rings. The fourth-order valence-electron chi connectivity index (χ4n) is 3.09. The average molecular weight is 338 g/mol. The van der Waals surface area contributed by atoms with E-state index < -0.39 is 11.9 Å². The molecule has 0 saturated heterocycles. The SMILES string of the molecule is Cc1cc(C)c(C(=O)C(C(=O)OCC(C)C)c2ccccc2)c(C)c1. The molecule has 0 saturated carbocycles. The normalized spacial score (nSPS) is 12.1. The Morgan fingerprint density at radius 1 is 0.960 bits per heavy atom. The van der Waals surface area contributed by atoms with Crippen LogP contribution in [0.3, 0.4) is 0 Å². The molecule has 0 amide bonds. The third-order valence-electron chi connectivity index (χ3n) is 4.11. The van der Waals surface area contributed by atoms with E-state index in [0.29, 0.717) is 17.7 Å². The van der Waals surface area contributed by atoms with Crippen molar-refractivity contribution in [2.45, 2.75) is 40.5 Å². The minimum absolute atomic E-state index is 0.199. The van der Waals surface area contributed by atoms with Crippen molar-refractivity contribution < 1.29 is 14.3 Å². The van der Waals surface area contributed by atoms with Crippen molar-refractivity contribution in [1.82, 2.24) is 0 Å². The van der Waals surface area contributed by atoms with Crippen molar-refractivity contribution >= 4 is 11.8 Å². The van der Waals surface area contributed by atoms with Gasteiger partial charge in [-0.15, -0.1) is 0 Å². The summed E-state index contributed by atoms with van der Waals surface area (Å²) in [4.78, 5) is 26.0. The van der Waals surface area contributed by atoms with Gasteiger partial charge in [0.05, 0.1) is 6.61 Å². The van der Waals surface area contributed by atoms with E-state index >= 15 is 0 Å². The number of hydrogen-bond donors (Lipinski definition) is 0. The second-order valence-electron chi connectivity index (χ2n) is 7.01. The molecule has 3 nitrogen and oxygen atoms in total. The Kier molecular flexibility index (Phi) is 6.13. The molecular weight excluding hydrogens is 312 g/mol. The van der Waals surface area contributed by atoms with Crippen LogP contribution in [0.5, 0.6) is 0 Å². The van der Waals surface area contributed by atoms with Gasteiger partial charge in [-0.2, -0.15) is 0 Å². The fourth-order valence-corrected chi connectivity index (χ4v) is 3.09. The largest absolute Gasteiger partial charge is 0.465 e. The van der Waals surface area contributed by atoms with Crippen LogP contribution in [0.4, 0.5) is 0 Å². The second kappa shape index (κ2) is 8.11. The molecule has 0 radical (unpaired) electrons. The zero-order valence-corrected chi connectivity index (χ0v) is 15.6. The Morgan fingerprint density at radius 3 is 2.04 bits per heavy atom. The fraction of sp³-hybridized carbons (Fsp3) is 0.364. The van der Waals surface area contributed by atoms with Crippen LogP contribution in [0.25, 0.3) is 0 Å². The summed E-state index contributed by atoms with van der Waals surface area (Å²) in [7, 11) is 0. The highest BCUT2D eigenvalue weighted by atomic mass is 16.5. The Bertz CT molecular complexity index is 737. The molecular formula is C22H26O3. The highest BCUT2D eigenvalue weighted by Gasteiger charge is 2.32. The molecule has 25 heavy (non-hydrogen) atoms. The molecule has 0 aromatic heterocycles. The lowest BCUT2D eigenvalue weighted by atomic mass is 9.86. The lowest BCUT2D eigenvalue weighted by molar-refractivity contribution is -0.145. The van der Waals surface area contributed by atoms with Gasteiger partial charge in [0.1, 0.15) is 5.92 Å². The summed E-state index contributed by atoms with van der Waals surface area (Å²) >= 11 is 0. The Morgan fingerprint density at radius 2 is 1.52 bits per heavy atom. The highest BCUT2D eigenvalue weighted by Crippen LogP contribution is 2.27. The molecule has 0 heterocycles. The van der Waals surface area contributed by atoms with Gasteiger partial charge in [-0.3, -0.25) is 9.59 Å². The number of hydrogen-bond acceptors (Lipinski definition) is 3. The monoisotopic (exact) mass is 338 g/mol. The summed E-state index contributed by atoms with van der Waals surface area (Å²) in [6.07, 6.45) is 0. The van der Waals surface area contributed by atoms with Crippen LogP contribution in [0.1, 0.15) is 52.4 Å². The van der Waals surface area contributed by atoms with E-state index in [2.05, 4.69) is 0 Å². The van der Waals surface area contributed by atoms with Crippen molar-refractivity contribution in [2.24, 2.45) is 5.92 Å². The van der Waals surface area contributed by atoms with E-state index in [0.717, 1.165) is 16.7 Å². The van der Waals surface area contributed by atoms with E-state index in [9.17, 15) is 9.59 Å². The van der Waals surface area contributed by atoms with Crippen molar-refractivity contribution in [2.75, 3.05) is 6.61 Å². The first-order valence-corrected chi connectivity index (χ1v) is 8.65. The van der Waals surface area contributed by atoms with E-state index in [1.165, 1.54) is 0 Å². The van der Waals surface area contributed by atoms with Gasteiger partial charge in [-0.1, -0.05) is 61.9 Å². The van der Waals surface area contributed by atoms with Crippen LogP contribution in [0, 0.1) is 26.7 Å². The summed E-state index contributed by atoms with van der Waals surface area (Å²) in [5.74, 6) is -1.39. The lowest BCUT2D eigenvalue weighted by Gasteiger charge is -2.19. The van der Waals surface area contributed by atoms with Crippen molar-refractivity contribution in [3.63, 3.8) is 0 Å². The summed E-state index contributed by atoms with van der Waals surface area (Å²) < 4.78 is 5.41. The van der Waals surface area contributed by atoms with E-state index in [1.807, 2.05) is 65.0 Å². The van der Waals surface area contributed by atoms with Crippen LogP contribution >= 0.6 is 0 Å². The minimum Gasteiger partial charge on any atom is -0.465 e. The number of Topliss-reactive ketones (excluding diaryl/α,β-unsaturated/α-hetero) is 1. The first-order chi connectivity index (χ1) is 11.8. The van der Waals surface area contributed by atoms with Gasteiger partial charge >= 0.3 is 5.97 Å². The van der Waals surface area contributed by atoms with Crippen molar-refractivity contribution in [1.29, 1.82) is 0 Å². The van der Waals surface area contributed by atoms with Gasteiger partial charge in [0.15, 0.2) is 5.78 Å². The smallest absolute Gasteiger partial charge is 0.321 e. The number of carbonyl (C=O) groups is 2. The molecule has 2 rings (SSSR count). The molecule has 0 bridgehead atoms. The number of aryl methyl sites for hydroxylation is 3. The van der Waals surface area contributed by atoms with Crippen LogP contribution in [-0.2, 0) is 9.53 Å². The molecule has 3 heteroatoms. The maximum Gasteiger partial charge on any atom is 0.321 e. The molecule has 0 fully saturated rings. The van der Waals surface area contributed by atoms with E-state index in [4.69, 9.17) is 4.74 Å². The number of ketones is 1. The third-order valence-corrected chi connectivity index (χ3v) is 4.11. The number of rotatable bonds is 6. The maximum absolute atomic E-state index is 13.3. The zero-order chi connectivity index (χ0) is 18.6. The van der Waals surface area contributed by atoms with E-state index in [1.54, 1.807) is 12.1 Å². The third kappa shape index (κ3) is 4.56. The quantitative estimate of drug-likeness (QED) is 0.432. The van der Waals surface area contributed by atoms with Gasteiger partial charge < -0.3 is 4.74 Å². The first-order valence-electron chi connectivity index (χ1n) is 8.65. The summed E-state index contributed by atoms with van der Waals surface area (Å²) in [5.41, 5.74) is 4.16. The van der Waals surface area contributed by atoms with Gasteiger partial charge in [0.2, 0.25) is 0 Å². The van der Waals surface area contributed by atoms with Gasteiger partial charge in [-0.05, 0) is 43.4 Å². The summed E-state index contributed by atoms with van der Waals surface area (Å²) in [6.45, 7) is 10.1. The predicted molar refractivity (Wildman–Crippen MR) is 100.0 cm³/mol. The lowest BCUT2D eigenvalue weighted by Crippen LogP contribution is -2.26. The van der Waals surface area contributed by atoms with Crippen LogP contribution in [0.15, 0.2) is 42.5 Å². The average Bonchev–Trinajstić information content (AvgIpc) is 2.53. The standard InChI is InChI=1S/C22H26O3/c1-14(2)13-25-22(24)20(18-9-7-6-8-10-18)21(23)19-16(4)11-15(3)12-17(19)5/h6-12,14,20H,13H2,1-5H3. The first kappa shape index (κ1) is 18.9. The molecule has 2 aromatic carbocycles. The Balaban J connectivity index is 2.45. The molecule has 2 aromatic rings. The van der Waals surface area contributed by atoms with E-state index in [-0.39, 0.29) is 11.7 Å². The number of ether oxygens (including phenoxy) is 1. The van der Waals surface area contributed by atoms with Crippen LogP contribution in [0.2, 0.25) is 0 Å². The summed E-state index contributed by atoms with van der Waals surface area (Å²) in [6, 6.07) is 13.1. The number of carbonyl (C=O) groups excluding carboxylic acids is 2. The van der Waals surface area contributed by atoms with Crippen molar-refractivity contribution in [3.8, 4) is 0 Å². The topological polar surface area (TPSA) is 43.4 Å². The minimum atomic E-state index is -0.931. The molecule has 0 aliphatic heterocycles.